The molecule has 2 aromatic carbocycles. The molecule has 0 bridgehead atoms. The quantitative estimate of drug-likeness (QED) is 0.354. The van der Waals surface area contributed by atoms with Crippen molar-refractivity contribution in [3.05, 3.63) is 65.7 Å². The summed E-state index contributed by atoms with van der Waals surface area (Å²) in [5, 5.41) is 23.0. The van der Waals surface area contributed by atoms with Crippen molar-refractivity contribution in [2.45, 2.75) is 71.8 Å². The molecule has 0 aliphatic carbocycles. The van der Waals surface area contributed by atoms with Crippen LogP contribution in [-0.2, 0) is 19.1 Å². The topological polar surface area (TPSA) is 160 Å². The lowest BCUT2D eigenvalue weighted by molar-refractivity contribution is -0.140. The van der Waals surface area contributed by atoms with Gasteiger partial charge >= 0.3 is 24.1 Å². The van der Waals surface area contributed by atoms with Gasteiger partial charge in [0.2, 0.25) is 0 Å². The Hall–Kier alpha value is -4.28. The van der Waals surface area contributed by atoms with Crippen LogP contribution in [0.25, 0.3) is 0 Å². The van der Waals surface area contributed by atoms with Crippen LogP contribution in [0.15, 0.2) is 54.6 Å². The smallest absolute Gasteiger partial charge is 0.408 e. The van der Waals surface area contributed by atoms with Crippen molar-refractivity contribution in [2.75, 3.05) is 6.61 Å². The van der Waals surface area contributed by atoms with E-state index in [9.17, 15) is 24.3 Å². The Labute approximate surface area is 228 Å². The molecule has 0 heterocycles. The number of ether oxygens (including phenoxy) is 3. The molecule has 39 heavy (non-hydrogen) atoms. The third-order valence-corrected chi connectivity index (χ3v) is 4.47. The summed E-state index contributed by atoms with van der Waals surface area (Å²) in [5.41, 5.74) is -0.414. The normalized spacial score (nSPS) is 12.5. The highest BCUT2D eigenvalue weighted by Gasteiger charge is 2.26. The van der Waals surface area contributed by atoms with Crippen molar-refractivity contribution in [3.8, 4) is 5.75 Å². The molecule has 0 aliphatic rings. The Morgan fingerprint density at radius 3 is 1.41 bits per heavy atom. The van der Waals surface area contributed by atoms with Crippen LogP contribution in [0, 0.1) is 0 Å². The first-order valence-corrected chi connectivity index (χ1v) is 12.2. The zero-order chi connectivity index (χ0) is 29.8. The molecular weight excluding hydrogens is 508 g/mol. The third-order valence-electron chi connectivity index (χ3n) is 4.47. The monoisotopic (exact) mass is 546 g/mol. The van der Waals surface area contributed by atoms with Crippen molar-refractivity contribution in [1.29, 1.82) is 0 Å². The van der Waals surface area contributed by atoms with Crippen LogP contribution >= 0.6 is 0 Å². The highest BCUT2D eigenvalue weighted by molar-refractivity contribution is 5.82. The fraction of sp³-hybridized carbons (Fsp3) is 0.429. The molecular formula is C28H38N2O9. The molecule has 2 aromatic rings. The van der Waals surface area contributed by atoms with E-state index in [1.807, 2.05) is 6.92 Å². The van der Waals surface area contributed by atoms with E-state index in [1.54, 1.807) is 96.1 Å². The molecule has 4 N–H and O–H groups in total. The van der Waals surface area contributed by atoms with Crippen LogP contribution in [0.1, 0.15) is 71.7 Å². The molecule has 0 saturated carbocycles. The minimum atomic E-state index is -1.17. The van der Waals surface area contributed by atoms with Crippen molar-refractivity contribution in [3.63, 3.8) is 0 Å². The van der Waals surface area contributed by atoms with Gasteiger partial charge in [-0.25, -0.2) is 19.2 Å². The number of nitrogens with one attached hydrogen (secondary N) is 2. The summed E-state index contributed by atoms with van der Waals surface area (Å²) in [7, 11) is 0. The van der Waals surface area contributed by atoms with Gasteiger partial charge in [0.25, 0.3) is 0 Å². The average Bonchev–Trinajstić information content (AvgIpc) is 2.80. The summed E-state index contributed by atoms with van der Waals surface area (Å²) in [6.45, 7) is 12.6. The fourth-order valence-corrected chi connectivity index (χ4v) is 2.99. The highest BCUT2D eigenvalue weighted by Crippen LogP contribution is 2.19. The Balaban J connectivity index is 0.000000395. The van der Waals surface area contributed by atoms with Gasteiger partial charge in [-0.1, -0.05) is 42.5 Å². The van der Waals surface area contributed by atoms with Gasteiger partial charge in [0.05, 0.1) is 6.61 Å². The van der Waals surface area contributed by atoms with Crippen LogP contribution in [0.2, 0.25) is 0 Å². The number of hydrogen-bond donors (Lipinski definition) is 4. The predicted octanol–water partition coefficient (Wildman–Crippen LogP) is 5.07. The lowest BCUT2D eigenvalue weighted by atomic mass is 10.1. The molecule has 11 nitrogen and oxygen atoms in total. The lowest BCUT2D eigenvalue weighted by Gasteiger charge is -2.22. The number of carboxylic acids is 2. The third kappa shape index (κ3) is 13.2. The molecule has 0 aliphatic heterocycles. The molecule has 0 spiro atoms. The number of benzene rings is 2. The number of amides is 2. The Kier molecular flexibility index (Phi) is 12.3. The van der Waals surface area contributed by atoms with E-state index in [0.29, 0.717) is 23.5 Å². The van der Waals surface area contributed by atoms with Gasteiger partial charge in [-0.3, -0.25) is 0 Å². The van der Waals surface area contributed by atoms with Gasteiger partial charge in [0.1, 0.15) is 17.0 Å². The number of carbonyl (C=O) groups is 4. The van der Waals surface area contributed by atoms with Gasteiger partial charge in [0.15, 0.2) is 12.1 Å². The molecule has 0 fully saturated rings. The second-order valence-electron chi connectivity index (χ2n) is 10.2. The Morgan fingerprint density at radius 2 is 1.08 bits per heavy atom. The van der Waals surface area contributed by atoms with E-state index in [1.165, 1.54) is 0 Å². The summed E-state index contributed by atoms with van der Waals surface area (Å²) in [4.78, 5) is 45.7. The Morgan fingerprint density at radius 1 is 0.692 bits per heavy atom. The summed E-state index contributed by atoms with van der Waals surface area (Å²) in [6, 6.07) is 12.7. The summed E-state index contributed by atoms with van der Waals surface area (Å²) < 4.78 is 15.4. The summed E-state index contributed by atoms with van der Waals surface area (Å²) >= 11 is 0. The molecule has 11 heteroatoms. The lowest BCUT2D eigenvalue weighted by Crippen LogP contribution is -2.38. The standard InChI is InChI=1S/C15H21NO5.C13H17NO4/c1-5-20-11-8-6-10(7-9-11)12(13(17)18)16-14(19)21-15(2,3)4;1-13(2,3)18-12(17)14-10(11(15)16)9-7-5-4-6-8-9/h6-9,12H,5H2,1-4H3,(H,16,19)(H,17,18);4-8,10H,1-3H3,(H,14,17)(H,15,16)/t12-;10-/m11/s1. The predicted molar refractivity (Wildman–Crippen MR) is 144 cm³/mol. The maximum absolute atomic E-state index is 11.7. The van der Waals surface area contributed by atoms with E-state index >= 15 is 0 Å². The molecule has 214 valence electrons. The van der Waals surface area contributed by atoms with Crippen LogP contribution in [0.4, 0.5) is 9.59 Å². The number of carbonyl (C=O) groups excluding carboxylic acids is 2. The molecule has 0 aromatic heterocycles. The van der Waals surface area contributed by atoms with Crippen LogP contribution in [0.3, 0.4) is 0 Å². The van der Waals surface area contributed by atoms with Crippen molar-refractivity contribution in [2.24, 2.45) is 0 Å². The molecule has 0 saturated heterocycles. The SMILES string of the molecule is CC(C)(C)OC(=O)N[C@@H](C(=O)O)c1ccccc1.CCOc1ccc([C@@H](NC(=O)OC(C)(C)C)C(=O)O)cc1. The molecule has 2 rings (SSSR count). The molecule has 2 amide bonds. The van der Waals surface area contributed by atoms with Crippen molar-refractivity contribution in [1.82, 2.24) is 10.6 Å². The zero-order valence-electron chi connectivity index (χ0n) is 23.3. The largest absolute Gasteiger partial charge is 0.494 e. The van der Waals surface area contributed by atoms with Gasteiger partial charge in [-0.05, 0) is 71.7 Å². The number of carboxylic acid groups (broad SMARTS) is 2. The number of rotatable bonds is 8. The summed E-state index contributed by atoms with van der Waals surface area (Å²) in [5.74, 6) is -1.65. The molecule has 0 unspecified atom stereocenters. The number of hydrogen-bond acceptors (Lipinski definition) is 7. The highest BCUT2D eigenvalue weighted by atomic mass is 16.6. The first kappa shape index (κ1) is 32.7. The summed E-state index contributed by atoms with van der Waals surface area (Å²) in [6.07, 6.45) is -1.53. The molecule has 2 atom stereocenters. The van der Waals surface area contributed by atoms with Crippen molar-refractivity contribution >= 4 is 24.1 Å². The van der Waals surface area contributed by atoms with Crippen molar-refractivity contribution < 1.29 is 43.6 Å². The van der Waals surface area contributed by atoms with E-state index in [4.69, 9.17) is 19.3 Å². The van der Waals surface area contributed by atoms with Crippen LogP contribution < -0.4 is 15.4 Å². The van der Waals surface area contributed by atoms with E-state index in [2.05, 4.69) is 10.6 Å². The fourth-order valence-electron chi connectivity index (χ4n) is 2.99. The van der Waals surface area contributed by atoms with Gasteiger partial charge in [-0.2, -0.15) is 0 Å². The van der Waals surface area contributed by atoms with Gasteiger partial charge in [-0.15, -0.1) is 0 Å². The zero-order valence-corrected chi connectivity index (χ0v) is 23.3. The van der Waals surface area contributed by atoms with Gasteiger partial charge in [0, 0.05) is 0 Å². The first-order chi connectivity index (χ1) is 18.0. The van der Waals surface area contributed by atoms with E-state index in [0.717, 1.165) is 0 Å². The van der Waals surface area contributed by atoms with Crippen LogP contribution in [0.5, 0.6) is 5.75 Å². The number of aliphatic carboxylic acids is 2. The average molecular weight is 547 g/mol. The van der Waals surface area contributed by atoms with Gasteiger partial charge < -0.3 is 35.1 Å². The minimum absolute atomic E-state index is 0.441. The van der Waals surface area contributed by atoms with Crippen LogP contribution in [-0.4, -0.2) is 52.1 Å². The Bertz CT molecular complexity index is 1090. The van der Waals surface area contributed by atoms with E-state index in [-0.39, 0.29) is 0 Å². The maximum atomic E-state index is 11.7. The number of alkyl carbamates (subject to hydrolysis) is 2. The second-order valence-corrected chi connectivity index (χ2v) is 10.2. The maximum Gasteiger partial charge on any atom is 0.408 e. The first-order valence-electron chi connectivity index (χ1n) is 12.2. The minimum Gasteiger partial charge on any atom is -0.494 e. The van der Waals surface area contributed by atoms with E-state index < -0.39 is 47.4 Å². The molecule has 0 radical (unpaired) electrons. The second kappa shape index (κ2) is 14.6.